The van der Waals surface area contributed by atoms with Crippen LogP contribution in [0.2, 0.25) is 0 Å². The first-order valence-electron chi connectivity index (χ1n) is 5.82. The maximum Gasteiger partial charge on any atom is 0.156 e. The molecule has 1 rings (SSSR count). The zero-order valence-electron chi connectivity index (χ0n) is 10.9. The van der Waals surface area contributed by atoms with Crippen molar-refractivity contribution in [2.24, 2.45) is 11.3 Å². The topological polar surface area (TPSA) is 40.9 Å². The molecule has 0 bridgehead atoms. The van der Waals surface area contributed by atoms with Crippen LogP contribution in [0.4, 0.5) is 0 Å². The third-order valence-corrected chi connectivity index (χ3v) is 3.19. The summed E-state index contributed by atoms with van der Waals surface area (Å²) in [6.07, 6.45) is 7.91. The maximum atomic E-state index is 11.5. The number of rotatable bonds is 2. The third kappa shape index (κ3) is 3.42. The normalized spacial score (nSPS) is 24.6. The van der Waals surface area contributed by atoms with Gasteiger partial charge in [0.1, 0.15) is 0 Å². The number of nitrogens with zero attached hydrogens (tertiary/aromatic N) is 1. The lowest BCUT2D eigenvalue weighted by atomic mass is 9.68. The molecule has 0 aromatic rings. The van der Waals surface area contributed by atoms with Crippen molar-refractivity contribution in [1.82, 2.24) is 0 Å². The first-order valence-corrected chi connectivity index (χ1v) is 5.82. The van der Waals surface area contributed by atoms with E-state index in [-0.39, 0.29) is 17.1 Å². The van der Waals surface area contributed by atoms with E-state index in [4.69, 9.17) is 5.26 Å². The lowest BCUT2D eigenvalue weighted by Crippen LogP contribution is -2.30. The van der Waals surface area contributed by atoms with Gasteiger partial charge in [-0.1, -0.05) is 31.6 Å². The predicted molar refractivity (Wildman–Crippen MR) is 69.2 cm³/mol. The number of hydrogen-bond donors (Lipinski definition) is 0. The van der Waals surface area contributed by atoms with E-state index in [9.17, 15) is 4.79 Å². The van der Waals surface area contributed by atoms with Crippen LogP contribution in [-0.4, -0.2) is 5.78 Å². The monoisotopic (exact) mass is 229 g/mol. The van der Waals surface area contributed by atoms with Gasteiger partial charge >= 0.3 is 0 Å². The molecule has 1 aliphatic carbocycles. The number of allylic oxidation sites excluding steroid dienone is 6. The molecule has 0 aromatic heterocycles. The predicted octanol–water partition coefficient (Wildman–Crippen LogP) is 3.57. The Bertz CT molecular complexity index is 444. The average molecular weight is 229 g/mol. The van der Waals surface area contributed by atoms with Crippen LogP contribution in [0.3, 0.4) is 0 Å². The molecular formula is C15H19NO. The Labute approximate surface area is 103 Å². The minimum atomic E-state index is -0.0423. The zero-order valence-corrected chi connectivity index (χ0v) is 10.9. The number of hydrogen-bond acceptors (Lipinski definition) is 2. The summed E-state index contributed by atoms with van der Waals surface area (Å²) in [6, 6.07) is 2.01. The van der Waals surface area contributed by atoms with Crippen molar-refractivity contribution < 1.29 is 4.79 Å². The van der Waals surface area contributed by atoms with Crippen LogP contribution in [0.25, 0.3) is 0 Å². The van der Waals surface area contributed by atoms with Crippen LogP contribution in [0.15, 0.2) is 35.5 Å². The van der Waals surface area contributed by atoms with Gasteiger partial charge in [-0.3, -0.25) is 4.79 Å². The highest BCUT2D eigenvalue weighted by Gasteiger charge is 2.34. The van der Waals surface area contributed by atoms with Gasteiger partial charge in [0, 0.05) is 18.4 Å². The highest BCUT2D eigenvalue weighted by molar-refractivity contribution is 5.92. The van der Waals surface area contributed by atoms with Crippen molar-refractivity contribution >= 4 is 5.78 Å². The highest BCUT2D eigenvalue weighted by atomic mass is 16.1. The second-order valence-electron chi connectivity index (χ2n) is 5.37. The van der Waals surface area contributed by atoms with Crippen molar-refractivity contribution in [1.29, 1.82) is 5.26 Å². The van der Waals surface area contributed by atoms with E-state index in [0.29, 0.717) is 6.42 Å². The van der Waals surface area contributed by atoms with Crippen LogP contribution in [0.1, 0.15) is 34.1 Å². The largest absolute Gasteiger partial charge is 0.295 e. The standard InChI is InChI=1S/C15H19NO/c1-11(7-8-16)5-6-14-12(2)9-13(17)10-15(14,3)4/h5-7,9,14H,10H2,1-4H3/b6-5+,11-7?. The Balaban J connectivity index is 2.97. The third-order valence-electron chi connectivity index (χ3n) is 3.19. The molecule has 90 valence electrons. The number of nitriles is 1. The molecule has 2 heteroatoms. The van der Waals surface area contributed by atoms with E-state index in [1.165, 1.54) is 6.08 Å². The summed E-state index contributed by atoms with van der Waals surface area (Å²) in [4.78, 5) is 11.5. The van der Waals surface area contributed by atoms with E-state index in [1.54, 1.807) is 6.08 Å². The molecule has 1 unspecified atom stereocenters. The molecule has 0 N–H and O–H groups in total. The summed E-state index contributed by atoms with van der Waals surface area (Å²) in [6.45, 7) is 8.12. The number of ketones is 1. The van der Waals surface area contributed by atoms with Gasteiger partial charge in [-0.2, -0.15) is 5.26 Å². The molecule has 0 aliphatic heterocycles. The molecular weight excluding hydrogens is 210 g/mol. The molecule has 17 heavy (non-hydrogen) atoms. The van der Waals surface area contributed by atoms with Gasteiger partial charge in [0.2, 0.25) is 0 Å². The van der Waals surface area contributed by atoms with Crippen LogP contribution in [0, 0.1) is 22.7 Å². The molecule has 0 spiro atoms. The van der Waals surface area contributed by atoms with E-state index < -0.39 is 0 Å². The van der Waals surface area contributed by atoms with Gasteiger partial charge in [-0.05, 0) is 30.9 Å². The fraction of sp³-hybridized carbons (Fsp3) is 0.467. The van der Waals surface area contributed by atoms with Crippen LogP contribution in [0.5, 0.6) is 0 Å². The summed E-state index contributed by atoms with van der Waals surface area (Å²) in [7, 11) is 0. The molecule has 0 amide bonds. The van der Waals surface area contributed by atoms with E-state index >= 15 is 0 Å². The fourth-order valence-corrected chi connectivity index (χ4v) is 2.38. The summed E-state index contributed by atoms with van der Waals surface area (Å²) in [5.41, 5.74) is 2.00. The second kappa shape index (κ2) is 5.14. The minimum Gasteiger partial charge on any atom is -0.295 e. The summed E-state index contributed by atoms with van der Waals surface area (Å²) >= 11 is 0. The average Bonchev–Trinajstić information content (AvgIpc) is 2.14. The van der Waals surface area contributed by atoms with Crippen LogP contribution in [-0.2, 0) is 4.79 Å². The number of carbonyl (C=O) groups is 1. The van der Waals surface area contributed by atoms with Crippen molar-refractivity contribution in [3.63, 3.8) is 0 Å². The lowest BCUT2D eigenvalue weighted by molar-refractivity contribution is -0.117. The van der Waals surface area contributed by atoms with Crippen molar-refractivity contribution in [2.45, 2.75) is 34.1 Å². The first-order chi connectivity index (χ1) is 7.86. The van der Waals surface area contributed by atoms with Crippen LogP contribution >= 0.6 is 0 Å². The molecule has 0 fully saturated rings. The SMILES string of the molecule is CC(=CC#N)/C=C/C1C(C)=CC(=O)CC1(C)C. The van der Waals surface area contributed by atoms with Crippen molar-refractivity contribution in [3.8, 4) is 6.07 Å². The van der Waals surface area contributed by atoms with Crippen molar-refractivity contribution in [2.75, 3.05) is 0 Å². The summed E-state index contributed by atoms with van der Waals surface area (Å²) in [5.74, 6) is 0.476. The molecule has 0 saturated heterocycles. The Morgan fingerprint density at radius 3 is 2.76 bits per heavy atom. The smallest absolute Gasteiger partial charge is 0.156 e. The van der Waals surface area contributed by atoms with Crippen molar-refractivity contribution in [3.05, 3.63) is 35.5 Å². The molecule has 0 heterocycles. The van der Waals surface area contributed by atoms with Gasteiger partial charge in [0.15, 0.2) is 5.78 Å². The van der Waals surface area contributed by atoms with Crippen LogP contribution < -0.4 is 0 Å². The molecule has 0 aromatic carbocycles. The molecule has 1 atom stereocenters. The molecule has 2 nitrogen and oxygen atoms in total. The Kier molecular flexibility index (Phi) is 4.07. The summed E-state index contributed by atoms with van der Waals surface area (Å²) in [5, 5.41) is 8.55. The maximum absolute atomic E-state index is 11.5. The van der Waals surface area contributed by atoms with Gasteiger partial charge in [-0.25, -0.2) is 0 Å². The van der Waals surface area contributed by atoms with E-state index in [2.05, 4.69) is 19.9 Å². The Morgan fingerprint density at radius 2 is 2.24 bits per heavy atom. The first kappa shape index (κ1) is 13.4. The summed E-state index contributed by atoms with van der Waals surface area (Å²) < 4.78 is 0. The number of carbonyl (C=O) groups excluding carboxylic acids is 1. The second-order valence-corrected chi connectivity index (χ2v) is 5.37. The minimum absolute atomic E-state index is 0.0423. The molecule has 0 saturated carbocycles. The molecule has 1 aliphatic rings. The zero-order chi connectivity index (χ0) is 13.1. The van der Waals surface area contributed by atoms with E-state index in [1.807, 2.05) is 26.0 Å². The Hall–Kier alpha value is -1.62. The lowest BCUT2D eigenvalue weighted by Gasteiger charge is -2.35. The van der Waals surface area contributed by atoms with Gasteiger partial charge in [0.05, 0.1) is 6.07 Å². The van der Waals surface area contributed by atoms with Gasteiger partial charge in [0.25, 0.3) is 0 Å². The fourth-order valence-electron chi connectivity index (χ4n) is 2.38. The quantitative estimate of drug-likeness (QED) is 0.536. The highest BCUT2D eigenvalue weighted by Crippen LogP contribution is 2.40. The van der Waals surface area contributed by atoms with Gasteiger partial charge < -0.3 is 0 Å². The van der Waals surface area contributed by atoms with Gasteiger partial charge in [-0.15, -0.1) is 0 Å². The van der Waals surface area contributed by atoms with E-state index in [0.717, 1.165) is 11.1 Å². The Morgan fingerprint density at radius 1 is 1.59 bits per heavy atom. The molecule has 0 radical (unpaired) electrons.